The molecular formula is C29H19ClN6O6. The van der Waals surface area contributed by atoms with Crippen molar-refractivity contribution in [2.75, 3.05) is 5.43 Å². The van der Waals surface area contributed by atoms with Crippen LogP contribution >= 0.6 is 11.6 Å². The van der Waals surface area contributed by atoms with E-state index in [1.54, 1.807) is 78.9 Å². The van der Waals surface area contributed by atoms with Gasteiger partial charge in [-0.05, 0) is 54.1 Å². The molecule has 0 spiro atoms. The molecule has 0 saturated heterocycles. The zero-order valence-electron chi connectivity index (χ0n) is 21.4. The molecule has 0 atom stereocenters. The smallest absolute Gasteiger partial charge is 0.300 e. The number of carbonyl (C=O) groups is 1. The van der Waals surface area contributed by atoms with Gasteiger partial charge < -0.3 is 5.32 Å². The van der Waals surface area contributed by atoms with E-state index in [2.05, 4.69) is 15.7 Å². The molecule has 1 aromatic heterocycles. The molecule has 0 radical (unpaired) electrons. The van der Waals surface area contributed by atoms with Crippen molar-refractivity contribution in [2.24, 2.45) is 0 Å². The summed E-state index contributed by atoms with van der Waals surface area (Å²) in [7, 11) is 0. The van der Waals surface area contributed by atoms with E-state index in [1.807, 2.05) is 0 Å². The molecule has 4 aromatic carbocycles. The van der Waals surface area contributed by atoms with E-state index in [1.165, 1.54) is 6.07 Å². The van der Waals surface area contributed by atoms with Gasteiger partial charge in [0.1, 0.15) is 5.69 Å². The third kappa shape index (κ3) is 5.83. The first-order valence-corrected chi connectivity index (χ1v) is 12.6. The van der Waals surface area contributed by atoms with Gasteiger partial charge in [0, 0.05) is 16.7 Å². The maximum atomic E-state index is 13.8. The highest BCUT2D eigenvalue weighted by molar-refractivity contribution is 6.30. The fourth-order valence-corrected chi connectivity index (χ4v) is 4.21. The first-order valence-electron chi connectivity index (χ1n) is 12.3. The highest BCUT2D eigenvalue weighted by Crippen LogP contribution is 2.29. The average Bonchev–Trinajstić information content (AvgIpc) is 2.99. The van der Waals surface area contributed by atoms with Crippen LogP contribution < -0.4 is 16.3 Å². The van der Waals surface area contributed by atoms with Crippen molar-refractivity contribution in [3.8, 4) is 0 Å². The molecule has 0 saturated carbocycles. The number of nitrogens with zero attached hydrogens (tertiary/aromatic N) is 4. The van der Waals surface area contributed by atoms with Crippen LogP contribution in [0.4, 0.5) is 17.1 Å². The zero-order valence-corrected chi connectivity index (χ0v) is 22.2. The van der Waals surface area contributed by atoms with E-state index in [0.717, 1.165) is 22.9 Å². The number of fused-ring (bicyclic) bond motifs is 1. The van der Waals surface area contributed by atoms with Gasteiger partial charge in [-0.25, -0.2) is 4.98 Å². The summed E-state index contributed by atoms with van der Waals surface area (Å²) in [5, 5.41) is 26.5. The number of nitro groups is 2. The Bertz CT molecular complexity index is 1940. The summed E-state index contributed by atoms with van der Waals surface area (Å²) in [6.07, 6.45) is 1.57. The molecule has 0 aliphatic carbocycles. The second-order valence-electron chi connectivity index (χ2n) is 8.85. The minimum atomic E-state index is -0.809. The molecule has 2 N–H and O–H groups in total. The van der Waals surface area contributed by atoms with Gasteiger partial charge in [0.05, 0.1) is 32.5 Å². The van der Waals surface area contributed by atoms with Crippen molar-refractivity contribution >= 4 is 57.2 Å². The molecular weight excluding hydrogens is 564 g/mol. The van der Waals surface area contributed by atoms with E-state index in [0.29, 0.717) is 21.7 Å². The van der Waals surface area contributed by atoms with Crippen molar-refractivity contribution in [3.05, 3.63) is 150 Å². The summed E-state index contributed by atoms with van der Waals surface area (Å²) in [5.41, 5.74) is 1.99. The maximum absolute atomic E-state index is 13.8. The van der Waals surface area contributed by atoms with Gasteiger partial charge in [-0.15, -0.1) is 0 Å². The number of halogens is 1. The minimum Gasteiger partial charge on any atom is -0.319 e. The summed E-state index contributed by atoms with van der Waals surface area (Å²) >= 11 is 6.05. The molecule has 0 fully saturated rings. The summed E-state index contributed by atoms with van der Waals surface area (Å²) in [6.45, 7) is 0. The van der Waals surface area contributed by atoms with Crippen molar-refractivity contribution < 1.29 is 14.6 Å². The van der Waals surface area contributed by atoms with Gasteiger partial charge in [-0.2, -0.15) is 4.68 Å². The zero-order chi connectivity index (χ0) is 29.8. The number of carbonyl (C=O) groups excluding carboxylic acids is 1. The van der Waals surface area contributed by atoms with Crippen molar-refractivity contribution in [2.45, 2.75) is 0 Å². The number of hydrogen-bond donors (Lipinski definition) is 2. The SMILES string of the molecule is O=C(NC(=Cc1ccc(Cl)cc1)c1nc2ccccc2c(=O)n1Nc1ccc([N+](=O)[O-])cc1[N+](=O)[O-])c1ccccc1. The highest BCUT2D eigenvalue weighted by atomic mass is 35.5. The molecule has 0 aliphatic rings. The molecule has 1 heterocycles. The molecule has 1 amide bonds. The van der Waals surface area contributed by atoms with Crippen LogP contribution in [0.1, 0.15) is 21.7 Å². The Hall–Kier alpha value is -5.88. The largest absolute Gasteiger partial charge is 0.319 e. The van der Waals surface area contributed by atoms with Crippen LogP contribution in [0.25, 0.3) is 22.7 Å². The van der Waals surface area contributed by atoms with Crippen molar-refractivity contribution in [1.29, 1.82) is 0 Å². The van der Waals surface area contributed by atoms with Gasteiger partial charge in [0.2, 0.25) is 0 Å². The van der Waals surface area contributed by atoms with Crippen LogP contribution in [0.5, 0.6) is 0 Å². The van der Waals surface area contributed by atoms with Crippen LogP contribution in [0.2, 0.25) is 5.02 Å². The van der Waals surface area contributed by atoms with E-state index < -0.39 is 32.7 Å². The van der Waals surface area contributed by atoms with Gasteiger partial charge in [0.15, 0.2) is 5.82 Å². The quantitative estimate of drug-likeness (QED) is 0.175. The third-order valence-corrected chi connectivity index (χ3v) is 6.35. The van der Waals surface area contributed by atoms with Crippen molar-refractivity contribution in [3.63, 3.8) is 0 Å². The summed E-state index contributed by atoms with van der Waals surface area (Å²) < 4.78 is 0.948. The fraction of sp³-hybridized carbons (Fsp3) is 0. The number of nitro benzene ring substituents is 2. The molecule has 12 nitrogen and oxygen atoms in total. The standard InChI is InChI=1S/C29H19ClN6O6/c30-20-12-10-18(11-13-20)16-25(32-28(37)19-6-2-1-3-7-19)27-31-23-9-5-4-8-22(23)29(38)34(27)33-24-15-14-21(35(39)40)17-26(24)36(41)42/h1-17,33H,(H,32,37). The van der Waals surface area contributed by atoms with Gasteiger partial charge in [-0.1, -0.05) is 54.1 Å². The van der Waals surface area contributed by atoms with Crippen LogP contribution in [-0.4, -0.2) is 25.4 Å². The molecule has 0 bridgehead atoms. The fourth-order valence-electron chi connectivity index (χ4n) is 4.08. The van der Waals surface area contributed by atoms with Gasteiger partial charge in [0.25, 0.3) is 17.2 Å². The lowest BCUT2D eigenvalue weighted by molar-refractivity contribution is -0.393. The molecule has 208 valence electrons. The van der Waals surface area contributed by atoms with Crippen LogP contribution in [-0.2, 0) is 0 Å². The van der Waals surface area contributed by atoms with E-state index in [4.69, 9.17) is 11.6 Å². The van der Waals surface area contributed by atoms with Gasteiger partial charge >= 0.3 is 5.69 Å². The number of benzene rings is 4. The van der Waals surface area contributed by atoms with Gasteiger partial charge in [-0.3, -0.25) is 35.2 Å². The number of rotatable bonds is 8. The predicted molar refractivity (Wildman–Crippen MR) is 158 cm³/mol. The van der Waals surface area contributed by atoms with E-state index in [-0.39, 0.29) is 22.6 Å². The lowest BCUT2D eigenvalue weighted by Gasteiger charge is -2.18. The topological polar surface area (TPSA) is 162 Å². The Morgan fingerprint density at radius 1 is 0.881 bits per heavy atom. The molecule has 5 rings (SSSR count). The molecule has 5 aromatic rings. The highest BCUT2D eigenvalue weighted by Gasteiger charge is 2.23. The number of non-ortho nitro benzene ring substituents is 1. The number of aromatic nitrogens is 2. The molecule has 42 heavy (non-hydrogen) atoms. The summed E-state index contributed by atoms with van der Waals surface area (Å²) in [4.78, 5) is 53.2. The molecule has 13 heteroatoms. The number of anilines is 1. The number of hydrogen-bond acceptors (Lipinski definition) is 8. The number of nitrogens with one attached hydrogen (secondary N) is 2. The Kier molecular flexibility index (Phi) is 7.71. The first kappa shape index (κ1) is 27.7. The Balaban J connectivity index is 1.73. The molecule has 0 aliphatic heterocycles. The van der Waals surface area contributed by atoms with Crippen LogP contribution in [0, 0.1) is 20.2 Å². The predicted octanol–water partition coefficient (Wildman–Crippen LogP) is 5.67. The number of para-hydroxylation sites is 1. The van der Waals surface area contributed by atoms with Crippen LogP contribution in [0.15, 0.2) is 102 Å². The Labute approximate surface area is 241 Å². The normalized spacial score (nSPS) is 11.2. The van der Waals surface area contributed by atoms with Crippen LogP contribution in [0.3, 0.4) is 0 Å². The van der Waals surface area contributed by atoms with Crippen molar-refractivity contribution in [1.82, 2.24) is 15.0 Å². The third-order valence-electron chi connectivity index (χ3n) is 6.10. The summed E-state index contributed by atoms with van der Waals surface area (Å²) in [6, 6.07) is 24.4. The Morgan fingerprint density at radius 3 is 2.26 bits per heavy atom. The lowest BCUT2D eigenvalue weighted by Crippen LogP contribution is -2.34. The Morgan fingerprint density at radius 2 is 1.57 bits per heavy atom. The maximum Gasteiger partial charge on any atom is 0.300 e. The minimum absolute atomic E-state index is 0.0751. The molecule has 0 unspecified atom stereocenters. The lowest BCUT2D eigenvalue weighted by atomic mass is 10.1. The monoisotopic (exact) mass is 582 g/mol. The first-order chi connectivity index (χ1) is 20.2. The second-order valence-corrected chi connectivity index (χ2v) is 9.29. The van der Waals surface area contributed by atoms with E-state index >= 15 is 0 Å². The second kappa shape index (κ2) is 11.7. The average molecular weight is 583 g/mol. The summed E-state index contributed by atoms with van der Waals surface area (Å²) in [5.74, 6) is -0.600. The number of amides is 1. The van der Waals surface area contributed by atoms with E-state index in [9.17, 15) is 29.8 Å².